The van der Waals surface area contributed by atoms with Gasteiger partial charge in [-0.3, -0.25) is 4.79 Å². The Morgan fingerprint density at radius 1 is 1.04 bits per heavy atom. The standard InChI is InChI=1S/C18H16F3NO4/c19-18(20,21)26-15-8-6-14(7-9-15)22-17(25)13(11-16(23)24)10-12-4-2-1-3-5-12/h1-9,13H,10-11H2,(H,22,25)(H,23,24)/p-1/t13-/m0/s1. The highest BCUT2D eigenvalue weighted by molar-refractivity contribution is 5.94. The van der Waals surface area contributed by atoms with Gasteiger partial charge in [0, 0.05) is 17.6 Å². The van der Waals surface area contributed by atoms with Gasteiger partial charge in [0.2, 0.25) is 5.91 Å². The van der Waals surface area contributed by atoms with E-state index in [1.165, 1.54) is 12.1 Å². The lowest BCUT2D eigenvalue weighted by Crippen LogP contribution is -2.32. The third kappa shape index (κ3) is 6.46. The average molecular weight is 366 g/mol. The van der Waals surface area contributed by atoms with Crippen molar-refractivity contribution in [3.05, 3.63) is 60.2 Å². The quantitative estimate of drug-likeness (QED) is 0.817. The first kappa shape index (κ1) is 19.3. The van der Waals surface area contributed by atoms with Crippen LogP contribution >= 0.6 is 0 Å². The molecule has 0 bridgehead atoms. The molecule has 2 aromatic carbocycles. The summed E-state index contributed by atoms with van der Waals surface area (Å²) in [6, 6.07) is 13.4. The Balaban J connectivity index is 2.05. The predicted molar refractivity (Wildman–Crippen MR) is 85.0 cm³/mol. The molecule has 0 saturated carbocycles. The van der Waals surface area contributed by atoms with Crippen molar-refractivity contribution < 1.29 is 32.6 Å². The lowest BCUT2D eigenvalue weighted by atomic mass is 9.95. The summed E-state index contributed by atoms with van der Waals surface area (Å²) < 4.78 is 40.1. The molecule has 5 nitrogen and oxygen atoms in total. The Bertz CT molecular complexity index is 745. The molecule has 0 aliphatic heterocycles. The molecule has 2 rings (SSSR count). The van der Waals surface area contributed by atoms with Crippen molar-refractivity contribution in [2.75, 3.05) is 5.32 Å². The molecule has 26 heavy (non-hydrogen) atoms. The summed E-state index contributed by atoms with van der Waals surface area (Å²) in [7, 11) is 0. The van der Waals surface area contributed by atoms with E-state index >= 15 is 0 Å². The number of rotatable bonds is 7. The number of hydrogen-bond donors (Lipinski definition) is 1. The molecule has 138 valence electrons. The molecule has 0 aliphatic carbocycles. The predicted octanol–water partition coefficient (Wildman–Crippen LogP) is 2.52. The number of benzene rings is 2. The van der Waals surface area contributed by atoms with Crippen molar-refractivity contribution in [3.8, 4) is 5.75 Å². The molecule has 0 heterocycles. The molecule has 0 spiro atoms. The van der Waals surface area contributed by atoms with Crippen LogP contribution in [-0.2, 0) is 16.0 Å². The number of nitrogens with one attached hydrogen (secondary N) is 1. The second kappa shape index (κ2) is 8.37. The second-order valence-corrected chi connectivity index (χ2v) is 5.52. The molecule has 0 fully saturated rings. The van der Waals surface area contributed by atoms with E-state index in [2.05, 4.69) is 10.1 Å². The lowest BCUT2D eigenvalue weighted by Gasteiger charge is -2.18. The molecule has 8 heteroatoms. The smallest absolute Gasteiger partial charge is 0.550 e. The number of carbonyl (C=O) groups excluding carboxylic acids is 2. The van der Waals surface area contributed by atoms with Crippen LogP contribution in [0.25, 0.3) is 0 Å². The fourth-order valence-corrected chi connectivity index (χ4v) is 2.34. The first-order valence-electron chi connectivity index (χ1n) is 7.63. The summed E-state index contributed by atoms with van der Waals surface area (Å²) in [5.41, 5.74) is 1.00. The van der Waals surface area contributed by atoms with E-state index in [0.717, 1.165) is 17.7 Å². The van der Waals surface area contributed by atoms with E-state index in [4.69, 9.17) is 0 Å². The summed E-state index contributed by atoms with van der Waals surface area (Å²) >= 11 is 0. The number of aliphatic carboxylic acids is 1. The zero-order valence-electron chi connectivity index (χ0n) is 13.5. The van der Waals surface area contributed by atoms with Crippen molar-refractivity contribution in [3.63, 3.8) is 0 Å². The van der Waals surface area contributed by atoms with Gasteiger partial charge >= 0.3 is 6.36 Å². The normalized spacial score (nSPS) is 12.3. The zero-order chi connectivity index (χ0) is 19.2. The van der Waals surface area contributed by atoms with Crippen LogP contribution in [0.3, 0.4) is 0 Å². The Labute approximate surface area is 147 Å². The first-order valence-corrected chi connectivity index (χ1v) is 7.63. The summed E-state index contributed by atoms with van der Waals surface area (Å²) in [4.78, 5) is 23.3. The van der Waals surface area contributed by atoms with Crippen LogP contribution in [0, 0.1) is 5.92 Å². The average Bonchev–Trinajstić information content (AvgIpc) is 2.55. The van der Waals surface area contributed by atoms with Crippen molar-refractivity contribution in [2.24, 2.45) is 5.92 Å². The van der Waals surface area contributed by atoms with Crippen LogP contribution < -0.4 is 15.2 Å². The minimum Gasteiger partial charge on any atom is -0.550 e. The van der Waals surface area contributed by atoms with E-state index in [0.29, 0.717) is 0 Å². The molecule has 1 N–H and O–H groups in total. The number of ether oxygens (including phenoxy) is 1. The van der Waals surface area contributed by atoms with E-state index in [9.17, 15) is 27.9 Å². The molecule has 1 amide bonds. The van der Waals surface area contributed by atoms with Crippen LogP contribution in [0.5, 0.6) is 5.75 Å². The van der Waals surface area contributed by atoms with Gasteiger partial charge in [0.25, 0.3) is 0 Å². The van der Waals surface area contributed by atoms with Crippen LogP contribution in [0.15, 0.2) is 54.6 Å². The zero-order valence-corrected chi connectivity index (χ0v) is 13.5. The minimum absolute atomic E-state index is 0.190. The molecule has 0 saturated heterocycles. The van der Waals surface area contributed by atoms with Crippen LogP contribution in [0.1, 0.15) is 12.0 Å². The molecule has 0 aromatic heterocycles. The SMILES string of the molecule is O=C([O-])C[C@H](Cc1ccccc1)C(=O)Nc1ccc(OC(F)(F)F)cc1. The molecule has 0 radical (unpaired) electrons. The van der Waals surface area contributed by atoms with Gasteiger partial charge in [-0.15, -0.1) is 13.2 Å². The van der Waals surface area contributed by atoms with Gasteiger partial charge in [0.05, 0.1) is 0 Å². The summed E-state index contributed by atoms with van der Waals surface area (Å²) in [6.45, 7) is 0. The summed E-state index contributed by atoms with van der Waals surface area (Å²) in [6.07, 6.45) is -5.09. The maximum absolute atomic E-state index is 12.4. The monoisotopic (exact) mass is 366 g/mol. The molecular formula is C18H15F3NO4-. The number of halogens is 3. The van der Waals surface area contributed by atoms with E-state index in [1.807, 2.05) is 0 Å². The highest BCUT2D eigenvalue weighted by atomic mass is 19.4. The highest BCUT2D eigenvalue weighted by Crippen LogP contribution is 2.24. The molecule has 0 aliphatic rings. The number of alkyl halides is 3. The van der Waals surface area contributed by atoms with Crippen LogP contribution in [-0.4, -0.2) is 18.2 Å². The number of carboxylic acid groups (broad SMARTS) is 1. The van der Waals surface area contributed by atoms with Gasteiger partial charge in [-0.25, -0.2) is 0 Å². The molecular weight excluding hydrogens is 351 g/mol. The van der Waals surface area contributed by atoms with Gasteiger partial charge in [-0.05, 0) is 42.7 Å². The third-order valence-corrected chi connectivity index (χ3v) is 3.46. The van der Waals surface area contributed by atoms with E-state index in [1.54, 1.807) is 30.3 Å². The summed E-state index contributed by atoms with van der Waals surface area (Å²) in [5.74, 6) is -3.24. The van der Waals surface area contributed by atoms with Crippen molar-refractivity contribution in [2.45, 2.75) is 19.2 Å². The highest BCUT2D eigenvalue weighted by Gasteiger charge is 2.31. The van der Waals surface area contributed by atoms with Crippen molar-refractivity contribution >= 4 is 17.6 Å². The van der Waals surface area contributed by atoms with Gasteiger partial charge in [-0.2, -0.15) is 0 Å². The Kier molecular flexibility index (Phi) is 6.21. The van der Waals surface area contributed by atoms with Gasteiger partial charge in [0.15, 0.2) is 0 Å². The van der Waals surface area contributed by atoms with Crippen molar-refractivity contribution in [1.82, 2.24) is 0 Å². The number of carbonyl (C=O) groups is 2. The Morgan fingerprint density at radius 3 is 2.19 bits per heavy atom. The Morgan fingerprint density at radius 2 is 1.65 bits per heavy atom. The first-order chi connectivity index (χ1) is 12.2. The number of carboxylic acids is 1. The molecule has 2 aromatic rings. The minimum atomic E-state index is -4.81. The lowest BCUT2D eigenvalue weighted by molar-refractivity contribution is -0.306. The van der Waals surface area contributed by atoms with Crippen molar-refractivity contribution in [1.29, 1.82) is 0 Å². The fourth-order valence-electron chi connectivity index (χ4n) is 2.34. The topological polar surface area (TPSA) is 78.5 Å². The maximum atomic E-state index is 12.4. The second-order valence-electron chi connectivity index (χ2n) is 5.52. The number of anilines is 1. The number of hydrogen-bond acceptors (Lipinski definition) is 4. The molecule has 1 atom stereocenters. The van der Waals surface area contributed by atoms with E-state index in [-0.39, 0.29) is 12.1 Å². The van der Waals surface area contributed by atoms with E-state index < -0.39 is 36.3 Å². The van der Waals surface area contributed by atoms with Gasteiger partial charge in [-0.1, -0.05) is 30.3 Å². The number of amides is 1. The third-order valence-electron chi connectivity index (χ3n) is 3.46. The Hall–Kier alpha value is -3.03. The maximum Gasteiger partial charge on any atom is 0.573 e. The molecule has 0 unspecified atom stereocenters. The van der Waals surface area contributed by atoms with Crippen LogP contribution in [0.2, 0.25) is 0 Å². The van der Waals surface area contributed by atoms with Gasteiger partial charge < -0.3 is 20.0 Å². The largest absolute Gasteiger partial charge is 0.573 e. The van der Waals surface area contributed by atoms with Gasteiger partial charge in [0.1, 0.15) is 5.75 Å². The summed E-state index contributed by atoms with van der Waals surface area (Å²) in [5, 5.41) is 13.4. The van der Waals surface area contributed by atoms with Crippen LogP contribution in [0.4, 0.5) is 18.9 Å². The fraction of sp³-hybridized carbons (Fsp3) is 0.222.